The Kier molecular flexibility index (Phi) is 6.12. The molecule has 0 bridgehead atoms. The van der Waals surface area contributed by atoms with Crippen LogP contribution in [0, 0.1) is 0 Å². The molecule has 3 nitrogen and oxygen atoms in total. The third-order valence-corrected chi connectivity index (χ3v) is 2.27. The first-order chi connectivity index (χ1) is 7.36. The van der Waals surface area contributed by atoms with Gasteiger partial charge in [-0.2, -0.15) is 0 Å². The van der Waals surface area contributed by atoms with Crippen LogP contribution in [0.3, 0.4) is 0 Å². The molecule has 0 aliphatic rings. The van der Waals surface area contributed by atoms with E-state index in [4.69, 9.17) is 4.42 Å². The molecule has 3 heteroatoms. The number of hydrogen-bond donors (Lipinski definition) is 2. The largest absolute Gasteiger partial charge is 0.465 e. The first-order valence-electron chi connectivity index (χ1n) is 5.85. The van der Waals surface area contributed by atoms with Crippen molar-refractivity contribution in [2.75, 3.05) is 19.6 Å². The minimum Gasteiger partial charge on any atom is -0.465 e. The molecule has 2 N–H and O–H groups in total. The zero-order valence-electron chi connectivity index (χ0n) is 9.81. The van der Waals surface area contributed by atoms with Gasteiger partial charge in [0.2, 0.25) is 0 Å². The van der Waals surface area contributed by atoms with Gasteiger partial charge in [0, 0.05) is 19.5 Å². The standard InChI is InChI=1S/C12H22N2O/c1-3-7-13-8-9-14-10-12-6-5-11(4-2)15-12/h5-6,13-14H,3-4,7-10H2,1-2H3. The van der Waals surface area contributed by atoms with E-state index in [2.05, 4.69) is 24.5 Å². The Hall–Kier alpha value is -0.800. The molecule has 0 amide bonds. The molecule has 0 atom stereocenters. The second-order valence-corrected chi connectivity index (χ2v) is 3.65. The number of hydrogen-bond acceptors (Lipinski definition) is 3. The highest BCUT2D eigenvalue weighted by molar-refractivity contribution is 5.06. The van der Waals surface area contributed by atoms with Crippen molar-refractivity contribution in [2.45, 2.75) is 33.2 Å². The van der Waals surface area contributed by atoms with Gasteiger partial charge in [-0.1, -0.05) is 13.8 Å². The van der Waals surface area contributed by atoms with Crippen molar-refractivity contribution in [3.05, 3.63) is 23.7 Å². The molecule has 1 aromatic rings. The van der Waals surface area contributed by atoms with Gasteiger partial charge in [-0.15, -0.1) is 0 Å². The number of aryl methyl sites for hydroxylation is 1. The van der Waals surface area contributed by atoms with E-state index in [1.165, 1.54) is 6.42 Å². The molecule has 0 spiro atoms. The van der Waals surface area contributed by atoms with E-state index in [1.54, 1.807) is 0 Å². The van der Waals surface area contributed by atoms with E-state index < -0.39 is 0 Å². The molecule has 0 saturated heterocycles. The predicted molar refractivity (Wildman–Crippen MR) is 63.0 cm³/mol. The van der Waals surface area contributed by atoms with Crippen molar-refractivity contribution in [3.63, 3.8) is 0 Å². The average Bonchev–Trinajstić information content (AvgIpc) is 2.71. The van der Waals surface area contributed by atoms with Gasteiger partial charge in [0.1, 0.15) is 11.5 Å². The molecule has 1 rings (SSSR count). The van der Waals surface area contributed by atoms with Crippen molar-refractivity contribution in [1.29, 1.82) is 0 Å². The third kappa shape index (κ3) is 5.00. The highest BCUT2D eigenvalue weighted by Crippen LogP contribution is 2.07. The van der Waals surface area contributed by atoms with Gasteiger partial charge in [-0.25, -0.2) is 0 Å². The lowest BCUT2D eigenvalue weighted by Gasteiger charge is -2.03. The van der Waals surface area contributed by atoms with E-state index in [0.717, 1.165) is 44.1 Å². The Morgan fingerprint density at radius 3 is 2.40 bits per heavy atom. The predicted octanol–water partition coefficient (Wildman–Crippen LogP) is 1.93. The SMILES string of the molecule is CCCNCCNCc1ccc(CC)o1. The van der Waals surface area contributed by atoms with Gasteiger partial charge in [-0.05, 0) is 25.1 Å². The van der Waals surface area contributed by atoms with Crippen LogP contribution in [0.15, 0.2) is 16.5 Å². The van der Waals surface area contributed by atoms with E-state index in [9.17, 15) is 0 Å². The summed E-state index contributed by atoms with van der Waals surface area (Å²) in [5.41, 5.74) is 0. The fraction of sp³-hybridized carbons (Fsp3) is 0.667. The van der Waals surface area contributed by atoms with Gasteiger partial charge in [-0.3, -0.25) is 0 Å². The summed E-state index contributed by atoms with van der Waals surface area (Å²) < 4.78 is 5.58. The average molecular weight is 210 g/mol. The maximum Gasteiger partial charge on any atom is 0.117 e. The Balaban J connectivity index is 2.04. The first-order valence-corrected chi connectivity index (χ1v) is 5.85. The fourth-order valence-corrected chi connectivity index (χ4v) is 1.40. The van der Waals surface area contributed by atoms with Gasteiger partial charge in [0.25, 0.3) is 0 Å². The molecule has 15 heavy (non-hydrogen) atoms. The zero-order chi connectivity index (χ0) is 10.9. The van der Waals surface area contributed by atoms with Crippen LogP contribution in [0.25, 0.3) is 0 Å². The number of furan rings is 1. The zero-order valence-corrected chi connectivity index (χ0v) is 9.81. The van der Waals surface area contributed by atoms with Crippen LogP contribution in [-0.2, 0) is 13.0 Å². The Labute approximate surface area is 92.2 Å². The van der Waals surface area contributed by atoms with Gasteiger partial charge >= 0.3 is 0 Å². The summed E-state index contributed by atoms with van der Waals surface area (Å²) in [6.07, 6.45) is 2.16. The summed E-state index contributed by atoms with van der Waals surface area (Å²) >= 11 is 0. The van der Waals surface area contributed by atoms with Crippen molar-refractivity contribution < 1.29 is 4.42 Å². The second-order valence-electron chi connectivity index (χ2n) is 3.65. The lowest BCUT2D eigenvalue weighted by Crippen LogP contribution is -2.27. The van der Waals surface area contributed by atoms with Crippen LogP contribution in [0.1, 0.15) is 31.8 Å². The van der Waals surface area contributed by atoms with Crippen LogP contribution in [-0.4, -0.2) is 19.6 Å². The Morgan fingerprint density at radius 2 is 1.73 bits per heavy atom. The van der Waals surface area contributed by atoms with Gasteiger partial charge in [0.05, 0.1) is 6.54 Å². The molecule has 86 valence electrons. The molecule has 0 unspecified atom stereocenters. The van der Waals surface area contributed by atoms with Crippen molar-refractivity contribution in [1.82, 2.24) is 10.6 Å². The summed E-state index contributed by atoms with van der Waals surface area (Å²) in [5.74, 6) is 2.10. The summed E-state index contributed by atoms with van der Waals surface area (Å²) in [5, 5.41) is 6.69. The van der Waals surface area contributed by atoms with Gasteiger partial charge < -0.3 is 15.1 Å². The molecule has 0 aliphatic heterocycles. The highest BCUT2D eigenvalue weighted by Gasteiger charge is 1.98. The maximum atomic E-state index is 5.58. The van der Waals surface area contributed by atoms with Crippen LogP contribution in [0.2, 0.25) is 0 Å². The monoisotopic (exact) mass is 210 g/mol. The molecule has 0 aliphatic carbocycles. The van der Waals surface area contributed by atoms with E-state index in [1.807, 2.05) is 12.1 Å². The maximum absolute atomic E-state index is 5.58. The molecule has 0 radical (unpaired) electrons. The third-order valence-electron chi connectivity index (χ3n) is 2.27. The lowest BCUT2D eigenvalue weighted by molar-refractivity contribution is 0.449. The fourth-order valence-electron chi connectivity index (χ4n) is 1.40. The van der Waals surface area contributed by atoms with Crippen molar-refractivity contribution >= 4 is 0 Å². The Bertz CT molecular complexity index is 258. The summed E-state index contributed by atoms with van der Waals surface area (Å²) in [7, 11) is 0. The van der Waals surface area contributed by atoms with Crippen LogP contribution in [0.5, 0.6) is 0 Å². The topological polar surface area (TPSA) is 37.2 Å². The highest BCUT2D eigenvalue weighted by atomic mass is 16.3. The van der Waals surface area contributed by atoms with Crippen LogP contribution >= 0.6 is 0 Å². The smallest absolute Gasteiger partial charge is 0.117 e. The minimum absolute atomic E-state index is 0.827. The molecular formula is C12H22N2O. The lowest BCUT2D eigenvalue weighted by atomic mass is 10.3. The van der Waals surface area contributed by atoms with E-state index >= 15 is 0 Å². The summed E-state index contributed by atoms with van der Waals surface area (Å²) in [6.45, 7) is 8.22. The second kappa shape index (κ2) is 7.49. The molecule has 0 aromatic carbocycles. The van der Waals surface area contributed by atoms with Crippen LogP contribution < -0.4 is 10.6 Å². The van der Waals surface area contributed by atoms with E-state index in [0.29, 0.717) is 0 Å². The molecule has 1 aromatic heterocycles. The van der Waals surface area contributed by atoms with Crippen molar-refractivity contribution in [2.24, 2.45) is 0 Å². The molecule has 1 heterocycles. The summed E-state index contributed by atoms with van der Waals surface area (Å²) in [4.78, 5) is 0. The normalized spacial score (nSPS) is 10.8. The molecule has 0 fully saturated rings. The summed E-state index contributed by atoms with van der Waals surface area (Å²) in [6, 6.07) is 4.09. The Morgan fingerprint density at radius 1 is 1.00 bits per heavy atom. The van der Waals surface area contributed by atoms with Crippen LogP contribution in [0.4, 0.5) is 0 Å². The molecule has 0 saturated carbocycles. The number of nitrogens with one attached hydrogen (secondary N) is 2. The quantitative estimate of drug-likeness (QED) is 0.644. The first kappa shape index (κ1) is 12.3. The minimum atomic E-state index is 0.827. The number of rotatable bonds is 8. The van der Waals surface area contributed by atoms with E-state index in [-0.39, 0.29) is 0 Å². The van der Waals surface area contributed by atoms with Gasteiger partial charge in [0.15, 0.2) is 0 Å². The molecular weight excluding hydrogens is 188 g/mol. The van der Waals surface area contributed by atoms with Crippen molar-refractivity contribution in [3.8, 4) is 0 Å².